The number of carbonyl (C=O) groups is 1. The lowest BCUT2D eigenvalue weighted by Crippen LogP contribution is -2.40. The molecule has 0 aromatic heterocycles. The summed E-state index contributed by atoms with van der Waals surface area (Å²) in [7, 11) is 1.83. The molecule has 4 atom stereocenters. The molecule has 0 saturated heterocycles. The van der Waals surface area contributed by atoms with Crippen molar-refractivity contribution in [3.05, 3.63) is 0 Å². The van der Waals surface area contributed by atoms with Crippen LogP contribution in [0.4, 0.5) is 4.79 Å². The minimum Gasteiger partial charge on any atom is -0.444 e. The summed E-state index contributed by atoms with van der Waals surface area (Å²) in [5, 5.41) is 9.62. The molecule has 1 N–H and O–H groups in total. The lowest BCUT2D eigenvalue weighted by molar-refractivity contribution is 0.0216. The van der Waals surface area contributed by atoms with E-state index in [2.05, 4.69) is 0 Å². The molecule has 2 fully saturated rings. The Morgan fingerprint density at radius 3 is 2.11 bits per heavy atom. The number of ether oxygens (including phenoxy) is 1. The zero-order valence-corrected chi connectivity index (χ0v) is 11.8. The molecule has 0 radical (unpaired) electrons. The monoisotopic (exact) mass is 255 g/mol. The standard InChI is InChI=1S/C14H25NO3/c1-14(2,3)18-13(17)15(4)11-5-9-7-12(16)8-10(9)6-11/h9-12,16H,5-8H2,1-4H3/t9-,10+,11-,12-. The quantitative estimate of drug-likeness (QED) is 0.782. The third-order valence-corrected chi connectivity index (χ3v) is 4.20. The number of hydrogen-bond acceptors (Lipinski definition) is 3. The van der Waals surface area contributed by atoms with E-state index >= 15 is 0 Å². The number of aliphatic hydroxyl groups excluding tert-OH is 1. The normalized spacial score (nSPS) is 35.4. The van der Waals surface area contributed by atoms with Gasteiger partial charge in [-0.1, -0.05) is 0 Å². The smallest absolute Gasteiger partial charge is 0.410 e. The first-order valence-electron chi connectivity index (χ1n) is 6.90. The number of fused-ring (bicyclic) bond motifs is 1. The van der Waals surface area contributed by atoms with E-state index in [1.54, 1.807) is 4.90 Å². The van der Waals surface area contributed by atoms with Crippen LogP contribution in [-0.4, -0.2) is 40.9 Å². The maximum Gasteiger partial charge on any atom is 0.410 e. The van der Waals surface area contributed by atoms with Crippen LogP contribution in [0, 0.1) is 11.8 Å². The van der Waals surface area contributed by atoms with Gasteiger partial charge in [0.1, 0.15) is 5.60 Å². The molecule has 2 aliphatic rings. The zero-order valence-electron chi connectivity index (χ0n) is 11.8. The van der Waals surface area contributed by atoms with Crippen molar-refractivity contribution in [1.29, 1.82) is 0 Å². The number of hydrogen-bond donors (Lipinski definition) is 1. The molecular weight excluding hydrogens is 230 g/mol. The summed E-state index contributed by atoms with van der Waals surface area (Å²) in [5.41, 5.74) is -0.435. The minimum atomic E-state index is -0.435. The van der Waals surface area contributed by atoms with E-state index in [9.17, 15) is 9.90 Å². The molecule has 0 aliphatic heterocycles. The van der Waals surface area contributed by atoms with Gasteiger partial charge in [0, 0.05) is 13.1 Å². The highest BCUT2D eigenvalue weighted by atomic mass is 16.6. The van der Waals surface area contributed by atoms with Gasteiger partial charge < -0.3 is 14.7 Å². The summed E-state index contributed by atoms with van der Waals surface area (Å²) in [6.45, 7) is 5.66. The maximum atomic E-state index is 12.0. The van der Waals surface area contributed by atoms with Crippen molar-refractivity contribution in [3.63, 3.8) is 0 Å². The predicted octanol–water partition coefficient (Wildman–Crippen LogP) is 2.40. The van der Waals surface area contributed by atoms with Gasteiger partial charge in [-0.2, -0.15) is 0 Å². The van der Waals surface area contributed by atoms with E-state index in [-0.39, 0.29) is 18.2 Å². The lowest BCUT2D eigenvalue weighted by atomic mass is 10.0. The van der Waals surface area contributed by atoms with Crippen molar-refractivity contribution in [2.75, 3.05) is 7.05 Å². The van der Waals surface area contributed by atoms with Crippen LogP contribution < -0.4 is 0 Å². The Balaban J connectivity index is 1.88. The number of aliphatic hydroxyl groups is 1. The van der Waals surface area contributed by atoms with Crippen LogP contribution in [0.3, 0.4) is 0 Å². The van der Waals surface area contributed by atoms with E-state index in [1.165, 1.54) is 0 Å². The summed E-state index contributed by atoms with van der Waals surface area (Å²) in [4.78, 5) is 13.7. The highest BCUT2D eigenvalue weighted by Gasteiger charge is 2.43. The van der Waals surface area contributed by atoms with Crippen molar-refractivity contribution < 1.29 is 14.6 Å². The first-order valence-corrected chi connectivity index (χ1v) is 6.90. The molecule has 4 heteroatoms. The third kappa shape index (κ3) is 2.97. The molecule has 4 nitrogen and oxygen atoms in total. The predicted molar refractivity (Wildman–Crippen MR) is 69.2 cm³/mol. The molecule has 0 unspecified atom stereocenters. The first-order chi connectivity index (χ1) is 8.26. The van der Waals surface area contributed by atoms with Crippen molar-refractivity contribution in [2.24, 2.45) is 11.8 Å². The largest absolute Gasteiger partial charge is 0.444 e. The van der Waals surface area contributed by atoms with Crippen molar-refractivity contribution in [1.82, 2.24) is 4.90 Å². The molecule has 0 heterocycles. The minimum absolute atomic E-state index is 0.118. The topological polar surface area (TPSA) is 49.8 Å². The second-order valence-electron chi connectivity index (χ2n) is 6.86. The molecular formula is C14H25NO3. The molecule has 0 aromatic carbocycles. The Morgan fingerprint density at radius 2 is 1.67 bits per heavy atom. The molecule has 0 spiro atoms. The third-order valence-electron chi connectivity index (χ3n) is 4.20. The van der Waals surface area contributed by atoms with Gasteiger partial charge in [0.2, 0.25) is 0 Å². The Kier molecular flexibility index (Phi) is 3.58. The van der Waals surface area contributed by atoms with Crippen molar-refractivity contribution >= 4 is 6.09 Å². The average Bonchev–Trinajstić information content (AvgIpc) is 2.70. The van der Waals surface area contributed by atoms with Gasteiger partial charge in [-0.25, -0.2) is 4.79 Å². The molecule has 0 bridgehead atoms. The number of nitrogens with zero attached hydrogens (tertiary/aromatic N) is 1. The second kappa shape index (κ2) is 4.72. The molecule has 104 valence electrons. The fourth-order valence-corrected chi connectivity index (χ4v) is 3.35. The summed E-state index contributed by atoms with van der Waals surface area (Å²) in [6.07, 6.45) is 3.49. The maximum absolute atomic E-state index is 12.0. The molecule has 2 rings (SSSR count). The molecule has 2 saturated carbocycles. The Labute approximate surface area is 109 Å². The van der Waals surface area contributed by atoms with Crippen LogP contribution in [0.25, 0.3) is 0 Å². The van der Waals surface area contributed by atoms with E-state index < -0.39 is 5.60 Å². The van der Waals surface area contributed by atoms with Crippen LogP contribution >= 0.6 is 0 Å². The Bertz CT molecular complexity index is 309. The van der Waals surface area contributed by atoms with Gasteiger partial charge in [0.15, 0.2) is 0 Å². The van der Waals surface area contributed by atoms with Gasteiger partial charge in [-0.05, 0) is 58.3 Å². The van der Waals surface area contributed by atoms with E-state index in [0.717, 1.165) is 25.7 Å². The highest BCUT2D eigenvalue weighted by Crippen LogP contribution is 2.45. The first kappa shape index (κ1) is 13.7. The van der Waals surface area contributed by atoms with E-state index in [1.807, 2.05) is 27.8 Å². The molecule has 2 aliphatic carbocycles. The summed E-state index contributed by atoms with van der Waals surface area (Å²) >= 11 is 0. The van der Waals surface area contributed by atoms with Gasteiger partial charge in [0.05, 0.1) is 6.10 Å². The second-order valence-corrected chi connectivity index (χ2v) is 6.86. The van der Waals surface area contributed by atoms with Crippen LogP contribution in [0.5, 0.6) is 0 Å². The molecule has 0 aromatic rings. The van der Waals surface area contributed by atoms with Crippen molar-refractivity contribution in [2.45, 2.75) is 64.2 Å². The van der Waals surface area contributed by atoms with Crippen molar-refractivity contribution in [3.8, 4) is 0 Å². The molecule has 1 amide bonds. The fraction of sp³-hybridized carbons (Fsp3) is 0.929. The average molecular weight is 255 g/mol. The summed E-state index contributed by atoms with van der Waals surface area (Å²) < 4.78 is 5.39. The van der Waals surface area contributed by atoms with Crippen LogP contribution in [0.1, 0.15) is 46.5 Å². The van der Waals surface area contributed by atoms with Crippen LogP contribution in [0.15, 0.2) is 0 Å². The zero-order chi connectivity index (χ0) is 13.5. The Morgan fingerprint density at radius 1 is 1.17 bits per heavy atom. The summed E-state index contributed by atoms with van der Waals surface area (Å²) in [5.74, 6) is 1.18. The Hall–Kier alpha value is -0.770. The van der Waals surface area contributed by atoms with E-state index in [4.69, 9.17) is 4.74 Å². The van der Waals surface area contributed by atoms with E-state index in [0.29, 0.717) is 11.8 Å². The fourth-order valence-electron chi connectivity index (χ4n) is 3.35. The molecule has 18 heavy (non-hydrogen) atoms. The highest BCUT2D eigenvalue weighted by molar-refractivity contribution is 5.68. The van der Waals surface area contributed by atoms with Gasteiger partial charge in [0.25, 0.3) is 0 Å². The summed E-state index contributed by atoms with van der Waals surface area (Å²) in [6, 6.07) is 0.280. The van der Waals surface area contributed by atoms with Crippen LogP contribution in [-0.2, 0) is 4.74 Å². The van der Waals surface area contributed by atoms with Gasteiger partial charge >= 0.3 is 6.09 Å². The number of amides is 1. The lowest BCUT2D eigenvalue weighted by Gasteiger charge is -2.29. The van der Waals surface area contributed by atoms with Crippen LogP contribution in [0.2, 0.25) is 0 Å². The number of rotatable bonds is 1. The van der Waals surface area contributed by atoms with Gasteiger partial charge in [-0.15, -0.1) is 0 Å². The SMILES string of the molecule is CN(C(=O)OC(C)(C)C)[C@H]1C[C@H]2C[C@H](O)C[C@H]2C1. The van der Waals surface area contributed by atoms with Gasteiger partial charge in [-0.3, -0.25) is 0 Å². The number of carbonyl (C=O) groups excluding carboxylic acids is 1.